The van der Waals surface area contributed by atoms with Gasteiger partial charge >= 0.3 is 0 Å². The average molecular weight is 352 g/mol. The van der Waals surface area contributed by atoms with Crippen molar-refractivity contribution >= 4 is 11.4 Å². The molecule has 0 spiro atoms. The number of rotatable bonds is 4. The van der Waals surface area contributed by atoms with Gasteiger partial charge in [0.2, 0.25) is 0 Å². The largest absolute Gasteiger partial charge is 0.497 e. The van der Waals surface area contributed by atoms with Gasteiger partial charge < -0.3 is 14.8 Å². The fourth-order valence-corrected chi connectivity index (χ4v) is 4.09. The van der Waals surface area contributed by atoms with Crippen LogP contribution in [0.2, 0.25) is 0 Å². The zero-order valence-electron chi connectivity index (χ0n) is 14.6. The van der Waals surface area contributed by atoms with E-state index in [-0.39, 0.29) is 28.5 Å². The molecule has 0 unspecified atom stereocenters. The second-order valence-electron chi connectivity index (χ2n) is 6.61. The lowest BCUT2D eigenvalue weighted by Crippen LogP contribution is -2.29. The lowest BCUT2D eigenvalue weighted by Gasteiger charge is -2.37. The maximum atomic E-state index is 11.2. The van der Waals surface area contributed by atoms with Crippen LogP contribution >= 0.6 is 0 Å². The number of non-ortho nitro benzene ring substituents is 1. The summed E-state index contributed by atoms with van der Waals surface area (Å²) >= 11 is 0. The SMILES string of the molecule is COc1ccc(OC)c([C@@H]2Nc3ccc([N+](=O)[O-])cc3[C@H]3C=CC[C@@H]32)c1. The summed E-state index contributed by atoms with van der Waals surface area (Å²) in [5, 5.41) is 14.7. The molecule has 0 aromatic heterocycles. The first-order valence-corrected chi connectivity index (χ1v) is 8.56. The number of nitro groups is 1. The van der Waals surface area contributed by atoms with Crippen LogP contribution in [0.3, 0.4) is 0 Å². The zero-order valence-corrected chi connectivity index (χ0v) is 14.6. The number of ether oxygens (including phenoxy) is 2. The van der Waals surface area contributed by atoms with Gasteiger partial charge in [-0.15, -0.1) is 0 Å². The smallest absolute Gasteiger partial charge is 0.269 e. The molecule has 0 bridgehead atoms. The van der Waals surface area contributed by atoms with Crippen LogP contribution in [-0.2, 0) is 0 Å². The highest BCUT2D eigenvalue weighted by molar-refractivity contribution is 5.63. The van der Waals surface area contributed by atoms with Gasteiger partial charge in [0.05, 0.1) is 25.2 Å². The highest BCUT2D eigenvalue weighted by atomic mass is 16.6. The molecule has 3 atom stereocenters. The molecule has 0 saturated carbocycles. The Labute approximate surface area is 151 Å². The van der Waals surface area contributed by atoms with E-state index in [0.29, 0.717) is 0 Å². The molecule has 2 aliphatic rings. The first-order valence-electron chi connectivity index (χ1n) is 8.56. The minimum atomic E-state index is -0.342. The van der Waals surface area contributed by atoms with Gasteiger partial charge in [0.15, 0.2) is 0 Å². The molecule has 6 nitrogen and oxygen atoms in total. The number of nitrogens with zero attached hydrogens (tertiary/aromatic N) is 1. The van der Waals surface area contributed by atoms with Crippen molar-refractivity contribution in [3.8, 4) is 11.5 Å². The second kappa shape index (κ2) is 6.37. The zero-order chi connectivity index (χ0) is 18.3. The average Bonchev–Trinajstić information content (AvgIpc) is 3.16. The Morgan fingerprint density at radius 1 is 1.12 bits per heavy atom. The summed E-state index contributed by atoms with van der Waals surface area (Å²) in [5.41, 5.74) is 3.07. The number of hydrogen-bond acceptors (Lipinski definition) is 5. The fourth-order valence-electron chi connectivity index (χ4n) is 4.09. The van der Waals surface area contributed by atoms with Crippen LogP contribution in [-0.4, -0.2) is 19.1 Å². The molecular formula is C20H20N2O4. The number of fused-ring (bicyclic) bond motifs is 3. The summed E-state index contributed by atoms with van der Waals surface area (Å²) in [6.45, 7) is 0. The summed E-state index contributed by atoms with van der Waals surface area (Å²) < 4.78 is 11.0. The van der Waals surface area contributed by atoms with Crippen LogP contribution in [0.15, 0.2) is 48.6 Å². The molecule has 134 valence electrons. The summed E-state index contributed by atoms with van der Waals surface area (Å²) in [7, 11) is 3.31. The second-order valence-corrected chi connectivity index (χ2v) is 6.61. The number of anilines is 1. The van der Waals surface area contributed by atoms with E-state index in [1.807, 2.05) is 18.2 Å². The minimum absolute atomic E-state index is 0.0361. The van der Waals surface area contributed by atoms with Gasteiger partial charge in [-0.1, -0.05) is 12.2 Å². The maximum Gasteiger partial charge on any atom is 0.269 e. The van der Waals surface area contributed by atoms with E-state index in [9.17, 15) is 10.1 Å². The molecule has 2 aromatic rings. The molecule has 0 fully saturated rings. The molecule has 2 aromatic carbocycles. The van der Waals surface area contributed by atoms with E-state index >= 15 is 0 Å². The Morgan fingerprint density at radius 3 is 2.69 bits per heavy atom. The fraction of sp³-hybridized carbons (Fsp3) is 0.300. The summed E-state index contributed by atoms with van der Waals surface area (Å²) in [4.78, 5) is 10.8. The van der Waals surface area contributed by atoms with Gasteiger partial charge in [0.1, 0.15) is 11.5 Å². The molecule has 0 amide bonds. The summed E-state index contributed by atoms with van der Waals surface area (Å²) in [6.07, 6.45) is 5.23. The van der Waals surface area contributed by atoms with Gasteiger partial charge in [-0.3, -0.25) is 10.1 Å². The third-order valence-corrected chi connectivity index (χ3v) is 5.33. The molecule has 26 heavy (non-hydrogen) atoms. The molecule has 1 aliphatic carbocycles. The van der Waals surface area contributed by atoms with Gasteiger partial charge in [-0.2, -0.15) is 0 Å². The standard InChI is InChI=1S/C20H20N2O4/c1-25-13-7-9-19(26-2)17(11-13)20-15-5-3-4-14(15)16-10-12(22(23)24)6-8-18(16)21-20/h3-4,6-11,14-15,20-21H,5H2,1-2H3/t14-,15-,20+/m0/s1. The Kier molecular flexibility index (Phi) is 4.03. The molecular weight excluding hydrogens is 332 g/mol. The van der Waals surface area contributed by atoms with E-state index in [4.69, 9.17) is 9.47 Å². The molecule has 1 N–H and O–H groups in total. The van der Waals surface area contributed by atoms with Crippen LogP contribution in [0.1, 0.15) is 29.5 Å². The summed E-state index contributed by atoms with van der Waals surface area (Å²) in [5.74, 6) is 2.00. The third-order valence-electron chi connectivity index (χ3n) is 5.33. The molecule has 0 radical (unpaired) electrons. The van der Waals surface area contributed by atoms with Crippen molar-refractivity contribution in [3.63, 3.8) is 0 Å². The van der Waals surface area contributed by atoms with Crippen molar-refractivity contribution in [1.82, 2.24) is 0 Å². The topological polar surface area (TPSA) is 73.6 Å². The first kappa shape index (κ1) is 16.4. The number of methoxy groups -OCH3 is 2. The van der Waals surface area contributed by atoms with E-state index in [1.54, 1.807) is 32.4 Å². The molecule has 6 heteroatoms. The van der Waals surface area contributed by atoms with Crippen LogP contribution in [0.5, 0.6) is 11.5 Å². The monoisotopic (exact) mass is 352 g/mol. The van der Waals surface area contributed by atoms with Crippen molar-refractivity contribution in [1.29, 1.82) is 0 Å². The first-order chi connectivity index (χ1) is 12.6. The summed E-state index contributed by atoms with van der Waals surface area (Å²) in [6, 6.07) is 10.9. The van der Waals surface area contributed by atoms with E-state index < -0.39 is 0 Å². The highest BCUT2D eigenvalue weighted by Crippen LogP contribution is 2.52. The molecule has 1 heterocycles. The highest BCUT2D eigenvalue weighted by Gasteiger charge is 2.39. The van der Waals surface area contributed by atoms with E-state index in [0.717, 1.165) is 34.7 Å². The van der Waals surface area contributed by atoms with Gasteiger partial charge in [-0.05, 0) is 42.2 Å². The molecule has 4 rings (SSSR count). The van der Waals surface area contributed by atoms with Gasteiger partial charge in [0, 0.05) is 29.3 Å². The predicted octanol–water partition coefficient (Wildman–Crippen LogP) is 4.44. The number of nitro benzene ring substituents is 1. The van der Waals surface area contributed by atoms with Crippen LogP contribution in [0, 0.1) is 16.0 Å². The lowest BCUT2D eigenvalue weighted by atomic mass is 9.76. The Hall–Kier alpha value is -3.02. The lowest BCUT2D eigenvalue weighted by molar-refractivity contribution is -0.384. The number of benzene rings is 2. The molecule has 0 saturated heterocycles. The number of nitrogens with one attached hydrogen (secondary N) is 1. The van der Waals surface area contributed by atoms with E-state index in [1.165, 1.54) is 0 Å². The van der Waals surface area contributed by atoms with Gasteiger partial charge in [0.25, 0.3) is 5.69 Å². The van der Waals surface area contributed by atoms with Crippen molar-refractivity contribution in [3.05, 3.63) is 69.8 Å². The predicted molar refractivity (Wildman–Crippen MR) is 99.0 cm³/mol. The minimum Gasteiger partial charge on any atom is -0.497 e. The van der Waals surface area contributed by atoms with E-state index in [2.05, 4.69) is 17.5 Å². The van der Waals surface area contributed by atoms with Crippen molar-refractivity contribution < 1.29 is 14.4 Å². The number of hydrogen-bond donors (Lipinski definition) is 1. The Balaban J connectivity index is 1.80. The number of allylic oxidation sites excluding steroid dienone is 2. The quantitative estimate of drug-likeness (QED) is 0.500. The Bertz CT molecular complexity index is 893. The van der Waals surface area contributed by atoms with Crippen LogP contribution in [0.25, 0.3) is 0 Å². The van der Waals surface area contributed by atoms with Crippen molar-refractivity contribution in [2.75, 3.05) is 19.5 Å². The van der Waals surface area contributed by atoms with Crippen LogP contribution in [0.4, 0.5) is 11.4 Å². The van der Waals surface area contributed by atoms with Crippen molar-refractivity contribution in [2.45, 2.75) is 18.4 Å². The van der Waals surface area contributed by atoms with Crippen LogP contribution < -0.4 is 14.8 Å². The maximum absolute atomic E-state index is 11.2. The Morgan fingerprint density at radius 2 is 1.96 bits per heavy atom. The third kappa shape index (κ3) is 2.58. The molecule has 1 aliphatic heterocycles. The van der Waals surface area contributed by atoms with Crippen molar-refractivity contribution in [2.24, 2.45) is 5.92 Å². The van der Waals surface area contributed by atoms with Gasteiger partial charge in [-0.25, -0.2) is 0 Å². The normalized spacial score (nSPS) is 22.9.